The lowest BCUT2D eigenvalue weighted by Gasteiger charge is -2.26. The van der Waals surface area contributed by atoms with Gasteiger partial charge in [-0.05, 0) is 37.8 Å². The van der Waals surface area contributed by atoms with Crippen LogP contribution in [0.5, 0.6) is 0 Å². The molecule has 0 atom stereocenters. The molecule has 2 rings (SSSR count). The van der Waals surface area contributed by atoms with Crippen LogP contribution in [0.2, 0.25) is 0 Å². The van der Waals surface area contributed by atoms with Crippen LogP contribution in [0.1, 0.15) is 36.0 Å². The van der Waals surface area contributed by atoms with E-state index in [9.17, 15) is 23.1 Å². The van der Waals surface area contributed by atoms with Crippen LogP contribution in [-0.4, -0.2) is 33.7 Å². The average Bonchev–Trinajstić information content (AvgIpc) is 2.40. The average molecular weight is 320 g/mol. The maximum Gasteiger partial charge on any atom is 0.447 e. The molecule has 0 saturated heterocycles. The lowest BCUT2D eigenvalue weighted by atomic mass is 9.93. The lowest BCUT2D eigenvalue weighted by Crippen LogP contribution is -2.38. The summed E-state index contributed by atoms with van der Waals surface area (Å²) in [6, 6.07) is 2.64. The highest BCUT2D eigenvalue weighted by Crippen LogP contribution is 2.37. The van der Waals surface area contributed by atoms with E-state index in [2.05, 4.69) is 10.3 Å². The van der Waals surface area contributed by atoms with Crippen LogP contribution in [0.4, 0.5) is 13.2 Å². The number of carbonyl (C=O) groups is 1. The zero-order valence-electron chi connectivity index (χ0n) is 11.1. The molecule has 0 aliphatic heterocycles. The molecule has 1 amide bonds. The van der Waals surface area contributed by atoms with Crippen LogP contribution < -0.4 is 5.32 Å². The number of aliphatic hydroxyl groups is 1. The summed E-state index contributed by atoms with van der Waals surface area (Å²) >= 11 is -0.394. The Bertz CT molecular complexity index is 502. The van der Waals surface area contributed by atoms with Gasteiger partial charge in [-0.1, -0.05) is 0 Å². The van der Waals surface area contributed by atoms with E-state index in [1.807, 2.05) is 0 Å². The quantitative estimate of drug-likeness (QED) is 0.841. The fourth-order valence-corrected chi connectivity index (χ4v) is 2.84. The van der Waals surface area contributed by atoms with Crippen molar-refractivity contribution < 1.29 is 23.1 Å². The summed E-state index contributed by atoms with van der Waals surface area (Å²) in [5.74, 6) is -0.559. The number of aliphatic hydroxyl groups excluding tert-OH is 1. The van der Waals surface area contributed by atoms with Gasteiger partial charge in [-0.15, -0.1) is 0 Å². The minimum atomic E-state index is -4.49. The standard InChI is InChI=1S/C13H15F3N2O2S/c14-13(15,16)21-12-10(2-1-7-17-12)11(20)18-8-3-5-9(19)6-4-8/h1-2,7-9,19H,3-6H2,(H,18,20). The highest BCUT2D eigenvalue weighted by Gasteiger charge is 2.32. The fourth-order valence-electron chi connectivity index (χ4n) is 2.24. The Kier molecular flexibility index (Phi) is 5.10. The number of hydrogen-bond acceptors (Lipinski definition) is 4. The first kappa shape index (κ1) is 16.1. The maximum absolute atomic E-state index is 12.4. The zero-order chi connectivity index (χ0) is 15.5. The van der Waals surface area contributed by atoms with E-state index < -0.39 is 23.2 Å². The molecule has 1 aromatic rings. The summed E-state index contributed by atoms with van der Waals surface area (Å²) in [5.41, 5.74) is -4.57. The number of hydrogen-bond donors (Lipinski definition) is 2. The first-order valence-electron chi connectivity index (χ1n) is 6.55. The summed E-state index contributed by atoms with van der Waals surface area (Å²) in [4.78, 5) is 15.7. The van der Waals surface area contributed by atoms with Gasteiger partial charge in [0.05, 0.1) is 11.7 Å². The first-order valence-corrected chi connectivity index (χ1v) is 7.36. The third-order valence-electron chi connectivity index (χ3n) is 3.26. The number of pyridine rings is 1. The molecule has 2 N–H and O–H groups in total. The molecule has 21 heavy (non-hydrogen) atoms. The molecule has 1 saturated carbocycles. The number of halogens is 3. The highest BCUT2D eigenvalue weighted by molar-refractivity contribution is 8.00. The van der Waals surface area contributed by atoms with Crippen LogP contribution >= 0.6 is 11.8 Å². The molecule has 0 bridgehead atoms. The van der Waals surface area contributed by atoms with Gasteiger partial charge in [-0.3, -0.25) is 4.79 Å². The van der Waals surface area contributed by atoms with E-state index in [0.29, 0.717) is 25.7 Å². The van der Waals surface area contributed by atoms with Gasteiger partial charge in [-0.2, -0.15) is 13.2 Å². The van der Waals surface area contributed by atoms with Crippen molar-refractivity contribution in [1.82, 2.24) is 10.3 Å². The number of alkyl halides is 3. The van der Waals surface area contributed by atoms with Crippen LogP contribution in [-0.2, 0) is 0 Å². The normalized spacial score (nSPS) is 22.9. The Labute approximate surface area is 124 Å². The van der Waals surface area contributed by atoms with E-state index in [0.717, 1.165) is 0 Å². The number of carbonyl (C=O) groups excluding carboxylic acids is 1. The number of amides is 1. The van der Waals surface area contributed by atoms with Crippen LogP contribution in [0, 0.1) is 0 Å². The van der Waals surface area contributed by atoms with Gasteiger partial charge in [0.1, 0.15) is 5.03 Å². The predicted octanol–water partition coefficient (Wildman–Crippen LogP) is 2.73. The summed E-state index contributed by atoms with van der Waals surface area (Å²) < 4.78 is 37.3. The minimum absolute atomic E-state index is 0.0778. The monoisotopic (exact) mass is 320 g/mol. The van der Waals surface area contributed by atoms with Gasteiger partial charge in [0.25, 0.3) is 5.91 Å². The summed E-state index contributed by atoms with van der Waals surface area (Å²) in [5, 5.41) is 11.8. The smallest absolute Gasteiger partial charge is 0.393 e. The number of aromatic nitrogens is 1. The minimum Gasteiger partial charge on any atom is -0.393 e. The van der Waals surface area contributed by atoms with Gasteiger partial charge in [0, 0.05) is 24.0 Å². The number of nitrogens with zero attached hydrogens (tertiary/aromatic N) is 1. The van der Waals surface area contributed by atoms with Crippen LogP contribution in [0.3, 0.4) is 0 Å². The molecule has 4 nitrogen and oxygen atoms in total. The highest BCUT2D eigenvalue weighted by atomic mass is 32.2. The van der Waals surface area contributed by atoms with Crippen molar-refractivity contribution in [2.24, 2.45) is 0 Å². The molecule has 1 aliphatic carbocycles. The second-order valence-electron chi connectivity index (χ2n) is 4.88. The molecule has 1 fully saturated rings. The summed E-state index contributed by atoms with van der Waals surface area (Å²) in [6.45, 7) is 0. The first-order chi connectivity index (χ1) is 9.85. The van der Waals surface area contributed by atoms with E-state index in [1.54, 1.807) is 0 Å². The van der Waals surface area contributed by atoms with Crippen molar-refractivity contribution >= 4 is 17.7 Å². The van der Waals surface area contributed by atoms with Crippen LogP contribution in [0.25, 0.3) is 0 Å². The second-order valence-corrected chi connectivity index (χ2v) is 5.94. The summed E-state index contributed by atoms with van der Waals surface area (Å²) in [6.07, 6.45) is 3.28. The molecular weight excluding hydrogens is 305 g/mol. The van der Waals surface area contributed by atoms with Crippen molar-refractivity contribution in [3.8, 4) is 0 Å². The van der Waals surface area contributed by atoms with Crippen molar-refractivity contribution in [1.29, 1.82) is 0 Å². The lowest BCUT2D eigenvalue weighted by molar-refractivity contribution is -0.0329. The molecule has 0 aromatic carbocycles. The molecule has 1 aromatic heterocycles. The molecule has 0 unspecified atom stereocenters. The fraction of sp³-hybridized carbons (Fsp3) is 0.538. The largest absolute Gasteiger partial charge is 0.447 e. The van der Waals surface area contributed by atoms with E-state index in [-0.39, 0.29) is 22.7 Å². The SMILES string of the molecule is O=C(NC1CCC(O)CC1)c1cccnc1SC(F)(F)F. The Morgan fingerprint density at radius 3 is 2.62 bits per heavy atom. The predicted molar refractivity (Wildman–Crippen MR) is 71.9 cm³/mol. The van der Waals surface area contributed by atoms with Gasteiger partial charge < -0.3 is 10.4 Å². The number of nitrogens with one attached hydrogen (secondary N) is 1. The van der Waals surface area contributed by atoms with Crippen molar-refractivity contribution in [3.63, 3.8) is 0 Å². The van der Waals surface area contributed by atoms with E-state index in [1.165, 1.54) is 18.3 Å². The third kappa shape index (κ3) is 4.89. The molecule has 8 heteroatoms. The second kappa shape index (κ2) is 6.65. The Hall–Kier alpha value is -1.28. The van der Waals surface area contributed by atoms with Crippen molar-refractivity contribution in [2.45, 2.75) is 48.4 Å². The Balaban J connectivity index is 2.05. The van der Waals surface area contributed by atoms with Crippen molar-refractivity contribution in [3.05, 3.63) is 23.9 Å². The molecular formula is C13H15F3N2O2S. The maximum atomic E-state index is 12.4. The molecule has 116 valence electrons. The van der Waals surface area contributed by atoms with Gasteiger partial charge in [-0.25, -0.2) is 4.98 Å². The topological polar surface area (TPSA) is 62.2 Å². The van der Waals surface area contributed by atoms with Crippen molar-refractivity contribution in [2.75, 3.05) is 0 Å². The number of rotatable bonds is 3. The third-order valence-corrected chi connectivity index (χ3v) is 4.01. The van der Waals surface area contributed by atoms with Gasteiger partial charge in [0.2, 0.25) is 0 Å². The number of thioether (sulfide) groups is 1. The Morgan fingerprint density at radius 2 is 2.00 bits per heavy atom. The van der Waals surface area contributed by atoms with Crippen LogP contribution in [0.15, 0.2) is 23.4 Å². The van der Waals surface area contributed by atoms with E-state index >= 15 is 0 Å². The summed E-state index contributed by atoms with van der Waals surface area (Å²) in [7, 11) is 0. The van der Waals surface area contributed by atoms with Gasteiger partial charge >= 0.3 is 5.51 Å². The zero-order valence-corrected chi connectivity index (χ0v) is 11.9. The van der Waals surface area contributed by atoms with E-state index in [4.69, 9.17) is 0 Å². The molecule has 1 heterocycles. The molecule has 0 radical (unpaired) electrons. The Morgan fingerprint density at radius 1 is 1.33 bits per heavy atom. The van der Waals surface area contributed by atoms with Gasteiger partial charge in [0.15, 0.2) is 0 Å². The molecule has 1 aliphatic rings. The molecule has 0 spiro atoms.